The van der Waals surface area contributed by atoms with Crippen LogP contribution in [0, 0.1) is 12.8 Å². The number of piperidine rings is 1. The van der Waals surface area contributed by atoms with E-state index in [1.807, 2.05) is 36.1 Å². The van der Waals surface area contributed by atoms with Crippen LogP contribution in [0.2, 0.25) is 0 Å². The van der Waals surface area contributed by atoms with Gasteiger partial charge in [0.25, 0.3) is 5.91 Å². The van der Waals surface area contributed by atoms with Gasteiger partial charge in [0, 0.05) is 18.7 Å². The number of nitrogens with two attached hydrogens (primary N) is 1. The van der Waals surface area contributed by atoms with E-state index in [4.69, 9.17) is 5.73 Å². The summed E-state index contributed by atoms with van der Waals surface area (Å²) in [4.78, 5) is 15.2. The zero-order valence-corrected chi connectivity index (χ0v) is 13.8. The molecule has 116 valence electrons. The predicted octanol–water partition coefficient (Wildman–Crippen LogP) is 3.57. The standard InChI is InChI=1S/C17H21N3OS/c1-11-5-7-13(8-6-11)15-14(18)16(22-19-15)17(21)20-9-3-4-12(2)10-20/h5-8,12H,3-4,9-10,18H2,1-2H3/t12-/m0/s1. The number of rotatable bonds is 2. The number of aromatic nitrogens is 1. The Labute approximate surface area is 135 Å². The molecule has 0 spiro atoms. The van der Waals surface area contributed by atoms with Crippen LogP contribution in [0.5, 0.6) is 0 Å². The molecular formula is C17H21N3OS. The third kappa shape index (κ3) is 2.86. The number of benzene rings is 1. The van der Waals surface area contributed by atoms with Crippen molar-refractivity contribution in [2.24, 2.45) is 5.92 Å². The van der Waals surface area contributed by atoms with E-state index in [0.29, 0.717) is 16.5 Å². The lowest BCUT2D eigenvalue weighted by Gasteiger charge is -2.30. The van der Waals surface area contributed by atoms with Crippen LogP contribution in [-0.4, -0.2) is 28.3 Å². The Bertz CT molecular complexity index is 678. The van der Waals surface area contributed by atoms with Crippen LogP contribution < -0.4 is 5.73 Å². The van der Waals surface area contributed by atoms with Crippen LogP contribution in [0.25, 0.3) is 11.3 Å². The maximum absolute atomic E-state index is 12.7. The molecule has 0 radical (unpaired) electrons. The minimum atomic E-state index is 0.0277. The van der Waals surface area contributed by atoms with Gasteiger partial charge in [0.2, 0.25) is 0 Å². The van der Waals surface area contributed by atoms with E-state index in [-0.39, 0.29) is 5.91 Å². The van der Waals surface area contributed by atoms with Crippen LogP contribution in [0.3, 0.4) is 0 Å². The Hall–Kier alpha value is -1.88. The second-order valence-electron chi connectivity index (χ2n) is 6.14. The maximum Gasteiger partial charge on any atom is 0.267 e. The molecule has 22 heavy (non-hydrogen) atoms. The Morgan fingerprint density at radius 3 is 2.77 bits per heavy atom. The fourth-order valence-corrected chi connectivity index (χ4v) is 3.68. The van der Waals surface area contributed by atoms with Gasteiger partial charge in [-0.25, -0.2) is 0 Å². The molecule has 1 aromatic heterocycles. The van der Waals surface area contributed by atoms with Gasteiger partial charge in [0.15, 0.2) is 0 Å². The lowest BCUT2D eigenvalue weighted by atomic mass is 10.00. The molecule has 1 aliphatic heterocycles. The zero-order chi connectivity index (χ0) is 15.7. The van der Waals surface area contributed by atoms with Gasteiger partial charge in [-0.1, -0.05) is 36.8 Å². The third-order valence-corrected chi connectivity index (χ3v) is 5.04. The highest BCUT2D eigenvalue weighted by Crippen LogP contribution is 2.32. The highest BCUT2D eigenvalue weighted by atomic mass is 32.1. The Kier molecular flexibility index (Phi) is 4.16. The van der Waals surface area contributed by atoms with Crippen molar-refractivity contribution in [1.82, 2.24) is 9.27 Å². The molecular weight excluding hydrogens is 294 g/mol. The SMILES string of the molecule is Cc1ccc(-c2nsc(C(=O)N3CCC[C@H](C)C3)c2N)cc1. The van der Waals surface area contributed by atoms with E-state index in [1.165, 1.54) is 23.5 Å². The van der Waals surface area contributed by atoms with Gasteiger partial charge < -0.3 is 10.6 Å². The summed E-state index contributed by atoms with van der Waals surface area (Å²) >= 11 is 1.21. The molecule has 0 unspecified atom stereocenters. The van der Waals surface area contributed by atoms with Crippen molar-refractivity contribution in [3.63, 3.8) is 0 Å². The number of anilines is 1. The van der Waals surface area contributed by atoms with Gasteiger partial charge in [0.1, 0.15) is 10.6 Å². The number of carbonyl (C=O) groups is 1. The van der Waals surface area contributed by atoms with Crippen LogP contribution in [0.15, 0.2) is 24.3 Å². The Morgan fingerprint density at radius 1 is 1.36 bits per heavy atom. The second-order valence-corrected chi connectivity index (χ2v) is 6.91. The molecule has 5 heteroatoms. The van der Waals surface area contributed by atoms with E-state index in [2.05, 4.69) is 11.3 Å². The summed E-state index contributed by atoms with van der Waals surface area (Å²) in [7, 11) is 0. The monoisotopic (exact) mass is 315 g/mol. The molecule has 2 aromatic rings. The number of nitrogens with zero attached hydrogens (tertiary/aromatic N) is 2. The quantitative estimate of drug-likeness (QED) is 0.921. The molecule has 0 bridgehead atoms. The predicted molar refractivity (Wildman–Crippen MR) is 91.0 cm³/mol. The number of hydrogen-bond acceptors (Lipinski definition) is 4. The molecule has 1 aliphatic rings. The first kappa shape index (κ1) is 15.0. The number of hydrogen-bond donors (Lipinski definition) is 1. The summed E-state index contributed by atoms with van der Waals surface area (Å²) in [5.74, 6) is 0.586. The number of amides is 1. The topological polar surface area (TPSA) is 59.2 Å². The average Bonchev–Trinajstić information content (AvgIpc) is 2.89. The third-order valence-electron chi connectivity index (χ3n) is 4.19. The van der Waals surface area contributed by atoms with Crippen LogP contribution in [0.4, 0.5) is 5.69 Å². The van der Waals surface area contributed by atoms with Crippen molar-refractivity contribution in [3.05, 3.63) is 34.7 Å². The number of aryl methyl sites for hydroxylation is 1. The normalized spacial score (nSPS) is 18.5. The van der Waals surface area contributed by atoms with Gasteiger partial charge in [-0.05, 0) is 37.2 Å². The lowest BCUT2D eigenvalue weighted by molar-refractivity contribution is 0.0689. The largest absolute Gasteiger partial charge is 0.396 e. The summed E-state index contributed by atoms with van der Waals surface area (Å²) in [5, 5.41) is 0. The van der Waals surface area contributed by atoms with E-state index >= 15 is 0 Å². The summed E-state index contributed by atoms with van der Waals surface area (Å²) in [5.41, 5.74) is 9.60. The summed E-state index contributed by atoms with van der Waals surface area (Å²) in [6.45, 7) is 5.87. The van der Waals surface area contributed by atoms with Crippen molar-refractivity contribution in [2.75, 3.05) is 18.8 Å². The van der Waals surface area contributed by atoms with Crippen molar-refractivity contribution in [1.29, 1.82) is 0 Å². The Balaban J connectivity index is 1.86. The highest BCUT2D eigenvalue weighted by Gasteiger charge is 2.26. The van der Waals surface area contributed by atoms with Crippen molar-refractivity contribution >= 4 is 23.1 Å². The molecule has 1 aromatic carbocycles. The van der Waals surface area contributed by atoms with Crippen molar-refractivity contribution in [2.45, 2.75) is 26.7 Å². The molecule has 4 nitrogen and oxygen atoms in total. The molecule has 1 amide bonds. The van der Waals surface area contributed by atoms with Gasteiger partial charge in [-0.15, -0.1) is 0 Å². The summed E-state index contributed by atoms with van der Waals surface area (Å²) in [6.07, 6.45) is 2.26. The molecule has 0 saturated carbocycles. The second kappa shape index (κ2) is 6.08. The Morgan fingerprint density at radius 2 is 2.09 bits per heavy atom. The van der Waals surface area contributed by atoms with E-state index in [9.17, 15) is 4.79 Å². The fourth-order valence-electron chi connectivity index (χ4n) is 2.89. The minimum Gasteiger partial charge on any atom is -0.396 e. The maximum atomic E-state index is 12.7. The van der Waals surface area contributed by atoms with Crippen LogP contribution in [-0.2, 0) is 0 Å². The van der Waals surface area contributed by atoms with Crippen LogP contribution >= 0.6 is 11.5 Å². The van der Waals surface area contributed by atoms with Gasteiger partial charge >= 0.3 is 0 Å². The van der Waals surface area contributed by atoms with Crippen molar-refractivity contribution in [3.8, 4) is 11.3 Å². The van der Waals surface area contributed by atoms with E-state index < -0.39 is 0 Å². The van der Waals surface area contributed by atoms with Gasteiger partial charge in [0.05, 0.1) is 5.69 Å². The fraction of sp³-hybridized carbons (Fsp3) is 0.412. The van der Waals surface area contributed by atoms with Crippen molar-refractivity contribution < 1.29 is 4.79 Å². The van der Waals surface area contributed by atoms with Gasteiger partial charge in [-0.2, -0.15) is 4.37 Å². The first-order valence-corrected chi connectivity index (χ1v) is 8.45. The first-order valence-electron chi connectivity index (χ1n) is 7.67. The molecule has 2 heterocycles. The molecule has 1 atom stereocenters. The first-order chi connectivity index (χ1) is 10.6. The molecule has 1 fully saturated rings. The van der Waals surface area contributed by atoms with Crippen LogP contribution in [0.1, 0.15) is 35.0 Å². The molecule has 2 N–H and O–H groups in total. The lowest BCUT2D eigenvalue weighted by Crippen LogP contribution is -2.39. The van der Waals surface area contributed by atoms with E-state index in [0.717, 1.165) is 30.8 Å². The zero-order valence-electron chi connectivity index (χ0n) is 13.0. The average molecular weight is 315 g/mol. The minimum absolute atomic E-state index is 0.0277. The highest BCUT2D eigenvalue weighted by molar-refractivity contribution is 7.09. The molecule has 3 rings (SSSR count). The number of nitrogen functional groups attached to an aromatic ring is 1. The molecule has 1 saturated heterocycles. The number of carbonyl (C=O) groups excluding carboxylic acids is 1. The summed E-state index contributed by atoms with van der Waals surface area (Å²) in [6, 6.07) is 8.06. The number of likely N-dealkylation sites (tertiary alicyclic amines) is 1. The molecule has 0 aliphatic carbocycles. The van der Waals surface area contributed by atoms with E-state index in [1.54, 1.807) is 0 Å². The van der Waals surface area contributed by atoms with Gasteiger partial charge in [-0.3, -0.25) is 4.79 Å². The smallest absolute Gasteiger partial charge is 0.267 e. The summed E-state index contributed by atoms with van der Waals surface area (Å²) < 4.78 is 4.42.